The molecular formula is C13H26ClNO. The highest BCUT2D eigenvalue weighted by Gasteiger charge is 2.23. The van der Waals surface area contributed by atoms with E-state index in [1.165, 1.54) is 0 Å². The van der Waals surface area contributed by atoms with E-state index in [1.54, 1.807) is 0 Å². The SMILES string of the molecule is CC(CC(=O)NCC(C)(C)CCl)C(C)(C)C. The Labute approximate surface area is 105 Å². The van der Waals surface area contributed by atoms with Gasteiger partial charge in [0.25, 0.3) is 0 Å². The van der Waals surface area contributed by atoms with Crippen LogP contribution in [0.2, 0.25) is 0 Å². The third-order valence-electron chi connectivity index (χ3n) is 3.10. The van der Waals surface area contributed by atoms with Crippen molar-refractivity contribution in [2.24, 2.45) is 16.7 Å². The van der Waals surface area contributed by atoms with E-state index in [-0.39, 0.29) is 16.7 Å². The minimum Gasteiger partial charge on any atom is -0.356 e. The van der Waals surface area contributed by atoms with Crippen LogP contribution in [0, 0.1) is 16.7 Å². The zero-order valence-corrected chi connectivity index (χ0v) is 12.2. The lowest BCUT2D eigenvalue weighted by molar-refractivity contribution is -0.123. The normalized spacial score (nSPS) is 14.7. The molecule has 0 aliphatic rings. The van der Waals surface area contributed by atoms with Gasteiger partial charge in [-0.05, 0) is 16.7 Å². The van der Waals surface area contributed by atoms with E-state index in [9.17, 15) is 4.79 Å². The molecule has 0 rings (SSSR count). The van der Waals surface area contributed by atoms with Crippen molar-refractivity contribution in [1.29, 1.82) is 0 Å². The van der Waals surface area contributed by atoms with Crippen molar-refractivity contribution in [3.8, 4) is 0 Å². The third kappa shape index (κ3) is 6.37. The van der Waals surface area contributed by atoms with Gasteiger partial charge in [0.15, 0.2) is 0 Å². The van der Waals surface area contributed by atoms with Crippen LogP contribution >= 0.6 is 11.6 Å². The minimum atomic E-state index is -0.0256. The molecule has 3 heteroatoms. The first-order chi connectivity index (χ1) is 7.08. The number of carbonyl (C=O) groups is 1. The first-order valence-electron chi connectivity index (χ1n) is 5.91. The molecule has 16 heavy (non-hydrogen) atoms. The van der Waals surface area contributed by atoms with E-state index in [2.05, 4.69) is 33.0 Å². The number of nitrogens with one attached hydrogen (secondary N) is 1. The van der Waals surface area contributed by atoms with E-state index in [1.807, 2.05) is 13.8 Å². The summed E-state index contributed by atoms with van der Waals surface area (Å²) in [6, 6.07) is 0. The second-order valence-electron chi connectivity index (χ2n) is 6.55. The topological polar surface area (TPSA) is 29.1 Å². The van der Waals surface area contributed by atoms with Gasteiger partial charge in [-0.15, -0.1) is 11.6 Å². The lowest BCUT2D eigenvalue weighted by atomic mass is 9.80. The molecule has 0 aliphatic carbocycles. The molecule has 0 heterocycles. The zero-order valence-electron chi connectivity index (χ0n) is 11.5. The minimum absolute atomic E-state index is 0.0256. The van der Waals surface area contributed by atoms with Crippen LogP contribution in [0.25, 0.3) is 0 Å². The highest BCUT2D eigenvalue weighted by atomic mass is 35.5. The van der Waals surface area contributed by atoms with Crippen molar-refractivity contribution >= 4 is 17.5 Å². The Hall–Kier alpha value is -0.240. The molecule has 1 atom stereocenters. The fraction of sp³-hybridized carbons (Fsp3) is 0.923. The second-order valence-corrected chi connectivity index (χ2v) is 6.81. The molecule has 0 saturated heterocycles. The number of amides is 1. The van der Waals surface area contributed by atoms with Gasteiger partial charge in [0, 0.05) is 18.8 Å². The molecule has 0 bridgehead atoms. The summed E-state index contributed by atoms with van der Waals surface area (Å²) in [6.45, 7) is 13.3. The highest BCUT2D eigenvalue weighted by molar-refractivity contribution is 6.18. The molecule has 0 aromatic heterocycles. The van der Waals surface area contributed by atoms with Gasteiger partial charge < -0.3 is 5.32 Å². The summed E-state index contributed by atoms with van der Waals surface area (Å²) in [6.07, 6.45) is 0.585. The number of rotatable bonds is 5. The Bertz CT molecular complexity index is 231. The van der Waals surface area contributed by atoms with E-state index in [0.717, 1.165) is 0 Å². The average Bonchev–Trinajstić information content (AvgIpc) is 2.13. The van der Waals surface area contributed by atoms with E-state index in [4.69, 9.17) is 11.6 Å². The van der Waals surface area contributed by atoms with Crippen molar-refractivity contribution in [3.63, 3.8) is 0 Å². The van der Waals surface area contributed by atoms with Crippen LogP contribution in [0.15, 0.2) is 0 Å². The molecular weight excluding hydrogens is 222 g/mol. The summed E-state index contributed by atoms with van der Waals surface area (Å²) < 4.78 is 0. The fourth-order valence-corrected chi connectivity index (χ4v) is 1.14. The number of carbonyl (C=O) groups excluding carboxylic acids is 1. The molecule has 0 radical (unpaired) electrons. The smallest absolute Gasteiger partial charge is 0.220 e. The lowest BCUT2D eigenvalue weighted by Crippen LogP contribution is -2.36. The average molecular weight is 248 g/mol. The van der Waals surface area contributed by atoms with Gasteiger partial charge in [-0.1, -0.05) is 41.5 Å². The molecule has 1 N–H and O–H groups in total. The highest BCUT2D eigenvalue weighted by Crippen LogP contribution is 2.27. The number of halogens is 1. The summed E-state index contributed by atoms with van der Waals surface area (Å²) in [5.74, 6) is 1.06. The predicted octanol–water partition coefficient (Wildman–Crippen LogP) is 3.44. The molecule has 1 unspecified atom stereocenters. The Morgan fingerprint density at radius 2 is 1.75 bits per heavy atom. The fourth-order valence-electron chi connectivity index (χ4n) is 1.04. The molecule has 0 saturated carbocycles. The van der Waals surface area contributed by atoms with Crippen molar-refractivity contribution in [1.82, 2.24) is 5.32 Å². The molecule has 0 aromatic carbocycles. The van der Waals surface area contributed by atoms with E-state index >= 15 is 0 Å². The summed E-state index contributed by atoms with van der Waals surface area (Å²) in [5.41, 5.74) is 0.154. The molecule has 0 aromatic rings. The maximum atomic E-state index is 11.7. The van der Waals surface area contributed by atoms with Crippen molar-refractivity contribution < 1.29 is 4.79 Å². The maximum absolute atomic E-state index is 11.7. The van der Waals surface area contributed by atoms with Gasteiger partial charge in [0.2, 0.25) is 5.91 Å². The Morgan fingerprint density at radius 1 is 1.25 bits per heavy atom. The lowest BCUT2D eigenvalue weighted by Gasteiger charge is -2.27. The quantitative estimate of drug-likeness (QED) is 0.741. The number of hydrogen-bond donors (Lipinski definition) is 1. The molecule has 96 valence electrons. The van der Waals surface area contributed by atoms with E-state index in [0.29, 0.717) is 24.8 Å². The van der Waals surface area contributed by atoms with Crippen molar-refractivity contribution in [2.75, 3.05) is 12.4 Å². The summed E-state index contributed by atoms with van der Waals surface area (Å²) in [7, 11) is 0. The Balaban J connectivity index is 4.02. The molecule has 2 nitrogen and oxygen atoms in total. The summed E-state index contributed by atoms with van der Waals surface area (Å²) >= 11 is 5.80. The van der Waals surface area contributed by atoms with Gasteiger partial charge in [0.05, 0.1) is 0 Å². The summed E-state index contributed by atoms with van der Waals surface area (Å²) in [4.78, 5) is 11.7. The summed E-state index contributed by atoms with van der Waals surface area (Å²) in [5, 5.41) is 2.95. The van der Waals surface area contributed by atoms with Crippen molar-refractivity contribution in [3.05, 3.63) is 0 Å². The predicted molar refractivity (Wildman–Crippen MR) is 70.7 cm³/mol. The van der Waals surface area contributed by atoms with Gasteiger partial charge in [-0.3, -0.25) is 4.79 Å². The van der Waals surface area contributed by atoms with Crippen LogP contribution < -0.4 is 5.32 Å². The van der Waals surface area contributed by atoms with Gasteiger partial charge in [-0.2, -0.15) is 0 Å². The van der Waals surface area contributed by atoms with E-state index < -0.39 is 0 Å². The molecule has 0 spiro atoms. The standard InChI is InChI=1S/C13H26ClNO/c1-10(12(2,3)4)7-11(16)15-9-13(5,6)8-14/h10H,7-9H2,1-6H3,(H,15,16). The van der Waals surface area contributed by atoms with Gasteiger partial charge >= 0.3 is 0 Å². The van der Waals surface area contributed by atoms with Gasteiger partial charge in [-0.25, -0.2) is 0 Å². The monoisotopic (exact) mass is 247 g/mol. The number of hydrogen-bond acceptors (Lipinski definition) is 1. The van der Waals surface area contributed by atoms with Crippen LogP contribution in [0.3, 0.4) is 0 Å². The second kappa shape index (κ2) is 5.90. The number of alkyl halides is 1. The first-order valence-corrected chi connectivity index (χ1v) is 6.44. The van der Waals surface area contributed by atoms with Crippen LogP contribution in [0.1, 0.15) is 48.0 Å². The molecule has 0 fully saturated rings. The Kier molecular flexibility index (Phi) is 5.81. The maximum Gasteiger partial charge on any atom is 0.220 e. The first kappa shape index (κ1) is 15.8. The largest absolute Gasteiger partial charge is 0.356 e. The van der Waals surface area contributed by atoms with Crippen LogP contribution in [0.4, 0.5) is 0 Å². The van der Waals surface area contributed by atoms with Crippen LogP contribution in [-0.2, 0) is 4.79 Å². The van der Waals surface area contributed by atoms with Crippen LogP contribution in [-0.4, -0.2) is 18.3 Å². The van der Waals surface area contributed by atoms with Gasteiger partial charge in [0.1, 0.15) is 0 Å². The Morgan fingerprint density at radius 3 is 2.12 bits per heavy atom. The van der Waals surface area contributed by atoms with Crippen LogP contribution in [0.5, 0.6) is 0 Å². The zero-order chi connectivity index (χ0) is 13.0. The third-order valence-corrected chi connectivity index (χ3v) is 3.82. The van der Waals surface area contributed by atoms with Crippen molar-refractivity contribution in [2.45, 2.75) is 48.0 Å². The molecule has 1 amide bonds. The molecule has 0 aliphatic heterocycles.